The van der Waals surface area contributed by atoms with Crippen molar-refractivity contribution in [1.82, 2.24) is 14.9 Å². The van der Waals surface area contributed by atoms with Crippen LogP contribution in [0, 0.1) is 0 Å². The zero-order valence-corrected chi connectivity index (χ0v) is 12.3. The fourth-order valence-electron chi connectivity index (χ4n) is 2.14. The molecule has 2 heterocycles. The van der Waals surface area contributed by atoms with E-state index < -0.39 is 0 Å². The second-order valence-electron chi connectivity index (χ2n) is 5.65. The topological polar surface area (TPSA) is 72.9 Å². The maximum absolute atomic E-state index is 12.1. The molecule has 0 bridgehead atoms. The van der Waals surface area contributed by atoms with Crippen molar-refractivity contribution >= 4 is 16.9 Å². The molecule has 0 unspecified atom stereocenters. The zero-order chi connectivity index (χ0) is 14.8. The quantitative estimate of drug-likeness (QED) is 0.873. The average molecular weight is 274 g/mol. The lowest BCUT2D eigenvalue weighted by Crippen LogP contribution is -2.44. The van der Waals surface area contributed by atoms with Crippen LogP contribution < -0.4 is 11.1 Å². The number of nitrogens with two attached hydrogens (primary N) is 1. The largest absolute Gasteiger partial charge is 0.350 e. The molecule has 5 heteroatoms. The number of aromatic nitrogens is 2. The fraction of sp³-hybridized carbons (Fsp3) is 0.467. The van der Waals surface area contributed by atoms with Crippen LogP contribution in [-0.4, -0.2) is 21.0 Å². The molecular weight excluding hydrogens is 252 g/mol. The molecule has 0 atom stereocenters. The third kappa shape index (κ3) is 2.99. The molecule has 2 rings (SSSR count). The minimum Gasteiger partial charge on any atom is -0.350 e. The highest BCUT2D eigenvalue weighted by Gasteiger charge is 2.19. The van der Waals surface area contributed by atoms with Gasteiger partial charge >= 0.3 is 0 Å². The number of nitrogens with one attached hydrogen (secondary N) is 1. The van der Waals surface area contributed by atoms with Gasteiger partial charge in [-0.1, -0.05) is 6.92 Å². The van der Waals surface area contributed by atoms with Crippen LogP contribution in [0.15, 0.2) is 24.5 Å². The van der Waals surface area contributed by atoms with E-state index in [9.17, 15) is 4.79 Å². The van der Waals surface area contributed by atoms with Gasteiger partial charge in [0.15, 0.2) is 0 Å². The molecule has 1 amide bonds. The van der Waals surface area contributed by atoms with Gasteiger partial charge < -0.3 is 15.6 Å². The first-order valence-corrected chi connectivity index (χ1v) is 6.90. The number of carbonyl (C=O) groups is 1. The standard InChI is InChI=1S/C15H22N4O/c1-4-15(2,3)18-13(20)10-19-9-11(8-16)12-6-5-7-17-14(12)19/h5-7,9H,4,8,10,16H2,1-3H3,(H,18,20). The molecule has 0 aliphatic rings. The van der Waals surface area contributed by atoms with Crippen LogP contribution in [0.3, 0.4) is 0 Å². The van der Waals surface area contributed by atoms with E-state index in [2.05, 4.69) is 17.2 Å². The normalized spacial score (nSPS) is 11.8. The summed E-state index contributed by atoms with van der Waals surface area (Å²) < 4.78 is 1.86. The summed E-state index contributed by atoms with van der Waals surface area (Å²) in [5.41, 5.74) is 7.36. The molecular formula is C15H22N4O. The molecule has 0 saturated carbocycles. The third-order valence-corrected chi connectivity index (χ3v) is 3.61. The summed E-state index contributed by atoms with van der Waals surface area (Å²) in [6, 6.07) is 3.86. The molecule has 2 aromatic rings. The van der Waals surface area contributed by atoms with Crippen LogP contribution in [0.25, 0.3) is 11.0 Å². The molecule has 0 radical (unpaired) electrons. The predicted molar refractivity (Wildman–Crippen MR) is 80.1 cm³/mol. The van der Waals surface area contributed by atoms with Gasteiger partial charge in [-0.05, 0) is 38.0 Å². The maximum atomic E-state index is 12.1. The Morgan fingerprint density at radius 2 is 2.25 bits per heavy atom. The SMILES string of the molecule is CCC(C)(C)NC(=O)Cn1cc(CN)c2cccnc21. The first-order chi connectivity index (χ1) is 9.46. The molecule has 0 aliphatic heterocycles. The Labute approximate surface area is 119 Å². The van der Waals surface area contributed by atoms with Gasteiger partial charge in [0.1, 0.15) is 12.2 Å². The lowest BCUT2D eigenvalue weighted by Gasteiger charge is -2.24. The molecule has 20 heavy (non-hydrogen) atoms. The van der Waals surface area contributed by atoms with Crippen molar-refractivity contribution in [2.24, 2.45) is 5.73 Å². The molecule has 0 fully saturated rings. The highest BCUT2D eigenvalue weighted by molar-refractivity contribution is 5.83. The molecule has 108 valence electrons. The average Bonchev–Trinajstić information content (AvgIpc) is 2.76. The van der Waals surface area contributed by atoms with Gasteiger partial charge in [0.2, 0.25) is 5.91 Å². The van der Waals surface area contributed by atoms with Gasteiger partial charge in [0.05, 0.1) is 0 Å². The number of hydrogen-bond acceptors (Lipinski definition) is 3. The number of carbonyl (C=O) groups excluding carboxylic acids is 1. The van der Waals surface area contributed by atoms with Crippen LogP contribution in [0.1, 0.15) is 32.8 Å². The van der Waals surface area contributed by atoms with Crippen molar-refractivity contribution in [3.63, 3.8) is 0 Å². The van der Waals surface area contributed by atoms with E-state index in [-0.39, 0.29) is 18.0 Å². The van der Waals surface area contributed by atoms with Gasteiger partial charge in [-0.15, -0.1) is 0 Å². The molecule has 0 saturated heterocycles. The summed E-state index contributed by atoms with van der Waals surface area (Å²) in [4.78, 5) is 16.5. The molecule has 0 aliphatic carbocycles. The van der Waals surface area contributed by atoms with Crippen molar-refractivity contribution in [2.75, 3.05) is 0 Å². The van der Waals surface area contributed by atoms with Crippen molar-refractivity contribution in [1.29, 1.82) is 0 Å². The summed E-state index contributed by atoms with van der Waals surface area (Å²) in [6.45, 7) is 6.79. The van der Waals surface area contributed by atoms with Crippen molar-refractivity contribution < 1.29 is 4.79 Å². The Morgan fingerprint density at radius 1 is 1.50 bits per heavy atom. The molecule has 0 aromatic carbocycles. The second kappa shape index (κ2) is 5.63. The van der Waals surface area contributed by atoms with Crippen LogP contribution in [-0.2, 0) is 17.9 Å². The first-order valence-electron chi connectivity index (χ1n) is 6.90. The Kier molecular flexibility index (Phi) is 4.09. The monoisotopic (exact) mass is 274 g/mol. The molecule has 3 N–H and O–H groups in total. The first kappa shape index (κ1) is 14.5. The molecule has 5 nitrogen and oxygen atoms in total. The lowest BCUT2D eigenvalue weighted by atomic mass is 10.0. The van der Waals surface area contributed by atoms with E-state index >= 15 is 0 Å². The molecule has 2 aromatic heterocycles. The highest BCUT2D eigenvalue weighted by atomic mass is 16.2. The number of hydrogen-bond donors (Lipinski definition) is 2. The maximum Gasteiger partial charge on any atom is 0.240 e. The van der Waals surface area contributed by atoms with E-state index in [1.165, 1.54) is 0 Å². The zero-order valence-electron chi connectivity index (χ0n) is 12.3. The number of rotatable bonds is 5. The minimum atomic E-state index is -0.190. The van der Waals surface area contributed by atoms with E-state index in [1.54, 1.807) is 6.20 Å². The Balaban J connectivity index is 2.24. The third-order valence-electron chi connectivity index (χ3n) is 3.61. The second-order valence-corrected chi connectivity index (χ2v) is 5.65. The lowest BCUT2D eigenvalue weighted by molar-refractivity contribution is -0.123. The van der Waals surface area contributed by atoms with Crippen molar-refractivity contribution in [2.45, 2.75) is 45.8 Å². The van der Waals surface area contributed by atoms with Crippen LogP contribution in [0.5, 0.6) is 0 Å². The number of pyridine rings is 1. The fourth-order valence-corrected chi connectivity index (χ4v) is 2.14. The van der Waals surface area contributed by atoms with Crippen LogP contribution in [0.4, 0.5) is 0 Å². The highest BCUT2D eigenvalue weighted by Crippen LogP contribution is 2.18. The van der Waals surface area contributed by atoms with Crippen LogP contribution >= 0.6 is 0 Å². The van der Waals surface area contributed by atoms with E-state index in [1.807, 2.05) is 36.7 Å². The summed E-state index contributed by atoms with van der Waals surface area (Å²) in [7, 11) is 0. The number of amides is 1. The summed E-state index contributed by atoms with van der Waals surface area (Å²) >= 11 is 0. The van der Waals surface area contributed by atoms with Crippen molar-refractivity contribution in [3.8, 4) is 0 Å². The predicted octanol–water partition coefficient (Wildman–Crippen LogP) is 1.80. The van der Waals surface area contributed by atoms with Gasteiger partial charge in [0.25, 0.3) is 0 Å². The van der Waals surface area contributed by atoms with Crippen molar-refractivity contribution in [3.05, 3.63) is 30.1 Å². The van der Waals surface area contributed by atoms with E-state index in [0.717, 1.165) is 23.0 Å². The Bertz CT molecular complexity index is 615. The summed E-state index contributed by atoms with van der Waals surface area (Å²) in [5, 5.41) is 4.04. The summed E-state index contributed by atoms with van der Waals surface area (Å²) in [6.07, 6.45) is 4.53. The van der Waals surface area contributed by atoms with Gasteiger partial charge in [-0.2, -0.15) is 0 Å². The van der Waals surface area contributed by atoms with Gasteiger partial charge in [-0.3, -0.25) is 4.79 Å². The van der Waals surface area contributed by atoms with Gasteiger partial charge in [0, 0.05) is 29.9 Å². The Hall–Kier alpha value is -1.88. The number of fused-ring (bicyclic) bond motifs is 1. The summed E-state index contributed by atoms with van der Waals surface area (Å²) in [5.74, 6) is -0.0111. The smallest absolute Gasteiger partial charge is 0.240 e. The van der Waals surface area contributed by atoms with E-state index in [4.69, 9.17) is 5.73 Å². The Morgan fingerprint density at radius 3 is 2.90 bits per heavy atom. The minimum absolute atomic E-state index is 0.0111. The van der Waals surface area contributed by atoms with Crippen LogP contribution in [0.2, 0.25) is 0 Å². The number of nitrogens with zero attached hydrogens (tertiary/aromatic N) is 2. The molecule has 0 spiro atoms. The van der Waals surface area contributed by atoms with E-state index in [0.29, 0.717) is 6.54 Å². The van der Waals surface area contributed by atoms with Gasteiger partial charge in [-0.25, -0.2) is 4.98 Å².